The van der Waals surface area contributed by atoms with Crippen molar-refractivity contribution in [2.75, 3.05) is 6.61 Å². The van der Waals surface area contributed by atoms with E-state index in [1.807, 2.05) is 35.9 Å². The average molecular weight is 373 g/mol. The van der Waals surface area contributed by atoms with Crippen LogP contribution in [0.15, 0.2) is 53.7 Å². The van der Waals surface area contributed by atoms with Crippen molar-refractivity contribution < 1.29 is 13.2 Å². The number of aromatic nitrogens is 2. The van der Waals surface area contributed by atoms with Crippen LogP contribution in [0.4, 0.5) is 0 Å². The average Bonchev–Trinajstić information content (AvgIpc) is 3.06. The van der Waals surface area contributed by atoms with Crippen LogP contribution >= 0.6 is 0 Å². The lowest BCUT2D eigenvalue weighted by molar-refractivity contribution is 0.309. The minimum absolute atomic E-state index is 0.137. The number of aryl methyl sites for hydroxylation is 1. The number of hydrogen-bond acceptors (Lipinski definition) is 4. The predicted molar refractivity (Wildman–Crippen MR) is 101 cm³/mol. The highest BCUT2D eigenvalue weighted by atomic mass is 32.2. The van der Waals surface area contributed by atoms with E-state index in [2.05, 4.69) is 16.6 Å². The van der Waals surface area contributed by atoms with Gasteiger partial charge in [-0.3, -0.25) is 0 Å². The van der Waals surface area contributed by atoms with Gasteiger partial charge in [-0.15, -0.1) is 0 Å². The first-order chi connectivity index (χ1) is 12.5. The third-order valence-electron chi connectivity index (χ3n) is 4.07. The summed E-state index contributed by atoms with van der Waals surface area (Å²) in [4.78, 5) is 4.69. The van der Waals surface area contributed by atoms with Crippen molar-refractivity contribution in [1.82, 2.24) is 14.1 Å². The largest absolute Gasteiger partial charge is 0.494 e. The summed E-state index contributed by atoms with van der Waals surface area (Å²) >= 11 is 0. The number of fused-ring (bicyclic) bond motifs is 1. The number of benzene rings is 1. The molecule has 0 saturated heterocycles. The van der Waals surface area contributed by atoms with Crippen LogP contribution in [0.2, 0.25) is 0 Å². The van der Waals surface area contributed by atoms with Crippen LogP contribution in [0.1, 0.15) is 31.0 Å². The van der Waals surface area contributed by atoms with Crippen LogP contribution in [-0.4, -0.2) is 24.4 Å². The number of imidazole rings is 1. The monoisotopic (exact) mass is 373 g/mol. The quantitative estimate of drug-likeness (QED) is 0.615. The van der Waals surface area contributed by atoms with Gasteiger partial charge < -0.3 is 9.14 Å². The van der Waals surface area contributed by atoms with Crippen LogP contribution in [0, 0.1) is 6.92 Å². The molecule has 0 aliphatic carbocycles. The maximum Gasteiger partial charge on any atom is 0.240 e. The van der Waals surface area contributed by atoms with Gasteiger partial charge in [-0.05, 0) is 49.2 Å². The predicted octanol–water partition coefficient (Wildman–Crippen LogP) is 3.30. The van der Waals surface area contributed by atoms with Crippen molar-refractivity contribution in [3.05, 3.63) is 60.0 Å². The normalized spacial score (nSPS) is 11.8. The molecule has 1 aromatic carbocycles. The van der Waals surface area contributed by atoms with Crippen molar-refractivity contribution in [2.24, 2.45) is 0 Å². The lowest BCUT2D eigenvalue weighted by Crippen LogP contribution is -2.23. The number of hydrogen-bond donors (Lipinski definition) is 1. The zero-order chi connectivity index (χ0) is 18.6. The first-order valence-corrected chi connectivity index (χ1v) is 10.1. The SMILES string of the molecule is CCCCOc1ccc(S(=O)(=O)NCc2cn3cccc(C)c3n2)cc1. The van der Waals surface area contributed by atoms with E-state index in [-0.39, 0.29) is 11.4 Å². The van der Waals surface area contributed by atoms with Gasteiger partial charge in [0.15, 0.2) is 0 Å². The molecule has 7 heteroatoms. The Morgan fingerprint density at radius 2 is 1.96 bits per heavy atom. The van der Waals surface area contributed by atoms with Crippen molar-refractivity contribution in [2.45, 2.75) is 38.1 Å². The number of unbranched alkanes of at least 4 members (excludes halogenated alkanes) is 1. The summed E-state index contributed by atoms with van der Waals surface area (Å²) in [5.74, 6) is 0.674. The van der Waals surface area contributed by atoms with E-state index in [4.69, 9.17) is 4.74 Å². The Kier molecular flexibility index (Phi) is 5.58. The Hall–Kier alpha value is -2.38. The van der Waals surface area contributed by atoms with Gasteiger partial charge in [-0.1, -0.05) is 19.4 Å². The summed E-state index contributed by atoms with van der Waals surface area (Å²) in [6.45, 7) is 4.84. The molecule has 138 valence electrons. The summed E-state index contributed by atoms with van der Waals surface area (Å²) in [7, 11) is -3.60. The van der Waals surface area contributed by atoms with Crippen LogP contribution in [-0.2, 0) is 16.6 Å². The van der Waals surface area contributed by atoms with Gasteiger partial charge >= 0.3 is 0 Å². The van der Waals surface area contributed by atoms with Gasteiger partial charge in [0.1, 0.15) is 11.4 Å². The van der Waals surface area contributed by atoms with Crippen LogP contribution in [0.3, 0.4) is 0 Å². The van der Waals surface area contributed by atoms with Gasteiger partial charge in [0, 0.05) is 12.4 Å². The van der Waals surface area contributed by atoms with Crippen molar-refractivity contribution in [3.8, 4) is 5.75 Å². The van der Waals surface area contributed by atoms with Gasteiger partial charge in [0.05, 0.1) is 23.7 Å². The Balaban J connectivity index is 1.67. The second-order valence-electron chi connectivity index (χ2n) is 6.15. The molecule has 1 N–H and O–H groups in total. The topological polar surface area (TPSA) is 72.7 Å². The summed E-state index contributed by atoms with van der Waals surface area (Å²) in [5, 5.41) is 0. The molecular weight excluding hydrogens is 350 g/mol. The molecule has 0 bridgehead atoms. The second kappa shape index (κ2) is 7.88. The standard InChI is InChI=1S/C19H23N3O3S/c1-3-4-12-25-17-7-9-18(10-8-17)26(23,24)20-13-16-14-22-11-5-6-15(2)19(22)21-16/h5-11,14,20H,3-4,12-13H2,1-2H3. The van der Waals surface area contributed by atoms with E-state index >= 15 is 0 Å². The molecule has 0 spiro atoms. The van der Waals surface area contributed by atoms with Gasteiger partial charge in [0.25, 0.3) is 0 Å². The number of sulfonamides is 1. The highest BCUT2D eigenvalue weighted by molar-refractivity contribution is 7.89. The van der Waals surface area contributed by atoms with Crippen LogP contribution < -0.4 is 9.46 Å². The molecule has 26 heavy (non-hydrogen) atoms. The highest BCUT2D eigenvalue weighted by Crippen LogP contribution is 2.17. The van der Waals surface area contributed by atoms with Crippen molar-refractivity contribution >= 4 is 15.7 Å². The Labute approximate surface area is 153 Å². The van der Waals surface area contributed by atoms with Crippen LogP contribution in [0.5, 0.6) is 5.75 Å². The minimum Gasteiger partial charge on any atom is -0.494 e. The molecule has 0 amide bonds. The fourth-order valence-corrected chi connectivity index (χ4v) is 3.59. The van der Waals surface area contributed by atoms with E-state index in [9.17, 15) is 8.42 Å². The lowest BCUT2D eigenvalue weighted by Gasteiger charge is -2.08. The summed E-state index contributed by atoms with van der Waals surface area (Å²) < 4.78 is 35.0. The minimum atomic E-state index is -3.60. The summed E-state index contributed by atoms with van der Waals surface area (Å²) in [6, 6.07) is 10.4. The van der Waals surface area contributed by atoms with Gasteiger partial charge in [-0.25, -0.2) is 18.1 Å². The zero-order valence-electron chi connectivity index (χ0n) is 15.0. The fraction of sp³-hybridized carbons (Fsp3) is 0.316. The maximum atomic E-state index is 12.5. The molecule has 0 radical (unpaired) electrons. The molecule has 2 heterocycles. The van der Waals surface area contributed by atoms with E-state index in [1.165, 1.54) is 0 Å². The molecule has 3 rings (SSSR count). The Morgan fingerprint density at radius 3 is 2.65 bits per heavy atom. The summed E-state index contributed by atoms with van der Waals surface area (Å²) in [6.07, 6.45) is 5.75. The molecule has 0 aliphatic heterocycles. The smallest absolute Gasteiger partial charge is 0.240 e. The first kappa shape index (κ1) is 18.4. The highest BCUT2D eigenvalue weighted by Gasteiger charge is 2.15. The molecular formula is C19H23N3O3S. The first-order valence-electron chi connectivity index (χ1n) is 8.65. The second-order valence-corrected chi connectivity index (χ2v) is 7.92. The van der Waals surface area contributed by atoms with Crippen LogP contribution in [0.25, 0.3) is 5.65 Å². The third-order valence-corrected chi connectivity index (χ3v) is 5.49. The van der Waals surface area contributed by atoms with Gasteiger partial charge in [0.2, 0.25) is 10.0 Å². The Bertz CT molecular complexity index is 979. The molecule has 0 fully saturated rings. The molecule has 6 nitrogen and oxygen atoms in total. The van der Waals surface area contributed by atoms with E-state index in [0.29, 0.717) is 18.1 Å². The Morgan fingerprint density at radius 1 is 1.19 bits per heavy atom. The number of nitrogens with one attached hydrogen (secondary N) is 1. The summed E-state index contributed by atoms with van der Waals surface area (Å²) in [5.41, 5.74) is 2.54. The van der Waals surface area contributed by atoms with Gasteiger partial charge in [-0.2, -0.15) is 0 Å². The van der Waals surface area contributed by atoms with Crippen molar-refractivity contribution in [1.29, 1.82) is 0 Å². The number of nitrogens with zero attached hydrogens (tertiary/aromatic N) is 2. The molecule has 0 saturated carbocycles. The molecule has 0 unspecified atom stereocenters. The molecule has 3 aromatic rings. The number of rotatable bonds is 8. The number of pyridine rings is 1. The fourth-order valence-electron chi connectivity index (χ4n) is 2.59. The number of ether oxygens (including phenoxy) is 1. The lowest BCUT2D eigenvalue weighted by atomic mass is 10.3. The maximum absolute atomic E-state index is 12.5. The third kappa shape index (κ3) is 4.23. The molecule has 0 aliphatic rings. The van der Waals surface area contributed by atoms with E-state index < -0.39 is 10.0 Å². The molecule has 2 aromatic heterocycles. The van der Waals surface area contributed by atoms with E-state index in [0.717, 1.165) is 24.1 Å². The molecule has 0 atom stereocenters. The van der Waals surface area contributed by atoms with E-state index in [1.54, 1.807) is 24.3 Å². The zero-order valence-corrected chi connectivity index (χ0v) is 15.8. The van der Waals surface area contributed by atoms with Crippen molar-refractivity contribution in [3.63, 3.8) is 0 Å².